The number of likely N-dealkylation sites (tertiary alicyclic amines) is 1. The smallest absolute Gasteiger partial charge is 0.410 e. The Bertz CT molecular complexity index is 325. The molecule has 1 aliphatic heterocycles. The van der Waals surface area contributed by atoms with Crippen molar-refractivity contribution in [1.82, 2.24) is 10.2 Å². The molecule has 0 spiro atoms. The first-order chi connectivity index (χ1) is 8.92. The van der Waals surface area contributed by atoms with Gasteiger partial charge in [-0.3, -0.25) is 0 Å². The minimum absolute atomic E-state index is 0.124. The number of fused-ring (bicyclic) bond motifs is 1. The Balaban J connectivity index is 2.10. The molecule has 4 nitrogen and oxygen atoms in total. The van der Waals surface area contributed by atoms with Gasteiger partial charge >= 0.3 is 6.09 Å². The second-order valence-corrected chi connectivity index (χ2v) is 6.87. The largest absolute Gasteiger partial charge is 0.444 e. The van der Waals surface area contributed by atoms with Gasteiger partial charge < -0.3 is 15.0 Å². The highest BCUT2D eigenvalue weighted by molar-refractivity contribution is 5.68. The third kappa shape index (κ3) is 3.41. The predicted octanol–water partition coefficient (Wildman–Crippen LogP) is 2.77. The molecule has 1 amide bonds. The zero-order valence-electron chi connectivity index (χ0n) is 12.7. The van der Waals surface area contributed by atoms with Gasteiger partial charge in [-0.2, -0.15) is 0 Å². The van der Waals surface area contributed by atoms with Crippen LogP contribution in [-0.4, -0.2) is 42.3 Å². The Morgan fingerprint density at radius 1 is 1.21 bits per heavy atom. The third-order valence-corrected chi connectivity index (χ3v) is 4.36. The van der Waals surface area contributed by atoms with E-state index in [4.69, 9.17) is 4.74 Å². The van der Waals surface area contributed by atoms with E-state index >= 15 is 0 Å². The standard InChI is InChI=1S/C15H28N2O2/c1-15(2,3)19-14(18)17-10-6-8-12(16-4)11-7-5-9-13(11)17/h11-13,16H,5-10H2,1-4H3. The Labute approximate surface area is 116 Å². The zero-order valence-corrected chi connectivity index (χ0v) is 12.7. The fourth-order valence-corrected chi connectivity index (χ4v) is 3.59. The van der Waals surface area contributed by atoms with E-state index in [1.807, 2.05) is 32.7 Å². The molecule has 1 saturated carbocycles. The van der Waals surface area contributed by atoms with E-state index in [9.17, 15) is 4.79 Å². The van der Waals surface area contributed by atoms with Gasteiger partial charge in [0.1, 0.15) is 5.60 Å². The van der Waals surface area contributed by atoms with Gasteiger partial charge in [0.05, 0.1) is 0 Å². The summed E-state index contributed by atoms with van der Waals surface area (Å²) in [6.07, 6.45) is 5.69. The lowest BCUT2D eigenvalue weighted by Crippen LogP contribution is -2.47. The van der Waals surface area contributed by atoms with Crippen molar-refractivity contribution in [1.29, 1.82) is 0 Å². The van der Waals surface area contributed by atoms with Gasteiger partial charge in [0.2, 0.25) is 0 Å². The van der Waals surface area contributed by atoms with Crippen LogP contribution in [-0.2, 0) is 4.74 Å². The molecule has 0 aromatic heterocycles. The molecule has 3 unspecified atom stereocenters. The van der Waals surface area contributed by atoms with Crippen LogP contribution < -0.4 is 5.32 Å². The van der Waals surface area contributed by atoms with Crippen LogP contribution in [0.25, 0.3) is 0 Å². The molecule has 19 heavy (non-hydrogen) atoms. The number of rotatable bonds is 1. The number of nitrogens with zero attached hydrogens (tertiary/aromatic N) is 1. The second kappa shape index (κ2) is 5.70. The van der Waals surface area contributed by atoms with Gasteiger partial charge in [0.25, 0.3) is 0 Å². The van der Waals surface area contributed by atoms with Crippen molar-refractivity contribution in [3.05, 3.63) is 0 Å². The fraction of sp³-hybridized carbons (Fsp3) is 0.933. The molecule has 1 heterocycles. The summed E-state index contributed by atoms with van der Waals surface area (Å²) in [6.45, 7) is 6.65. The number of ether oxygens (including phenoxy) is 1. The van der Waals surface area contributed by atoms with Crippen LogP contribution in [0.3, 0.4) is 0 Å². The maximum absolute atomic E-state index is 12.4. The normalized spacial score (nSPS) is 31.8. The zero-order chi connectivity index (χ0) is 14.0. The van der Waals surface area contributed by atoms with Crippen molar-refractivity contribution in [3.63, 3.8) is 0 Å². The van der Waals surface area contributed by atoms with Crippen LogP contribution in [0, 0.1) is 5.92 Å². The van der Waals surface area contributed by atoms with Crippen LogP contribution in [0.1, 0.15) is 52.9 Å². The highest BCUT2D eigenvalue weighted by Gasteiger charge is 2.41. The molecule has 2 rings (SSSR count). The first-order valence-electron chi connectivity index (χ1n) is 7.59. The van der Waals surface area contributed by atoms with Gasteiger partial charge in [0.15, 0.2) is 0 Å². The van der Waals surface area contributed by atoms with Crippen molar-refractivity contribution >= 4 is 6.09 Å². The number of hydrogen-bond acceptors (Lipinski definition) is 3. The minimum atomic E-state index is -0.403. The number of hydrogen-bond donors (Lipinski definition) is 1. The summed E-state index contributed by atoms with van der Waals surface area (Å²) in [4.78, 5) is 14.4. The molecular weight excluding hydrogens is 240 g/mol. The summed E-state index contributed by atoms with van der Waals surface area (Å²) in [5.41, 5.74) is -0.403. The molecule has 0 bridgehead atoms. The fourth-order valence-electron chi connectivity index (χ4n) is 3.59. The summed E-state index contributed by atoms with van der Waals surface area (Å²) < 4.78 is 5.58. The molecule has 110 valence electrons. The summed E-state index contributed by atoms with van der Waals surface area (Å²) >= 11 is 0. The Hall–Kier alpha value is -0.770. The lowest BCUT2D eigenvalue weighted by molar-refractivity contribution is 0.0134. The molecular formula is C15H28N2O2. The minimum Gasteiger partial charge on any atom is -0.444 e. The average molecular weight is 268 g/mol. The Morgan fingerprint density at radius 2 is 1.95 bits per heavy atom. The number of amides is 1. The van der Waals surface area contributed by atoms with Crippen LogP contribution in [0.15, 0.2) is 0 Å². The maximum Gasteiger partial charge on any atom is 0.410 e. The predicted molar refractivity (Wildman–Crippen MR) is 76.2 cm³/mol. The monoisotopic (exact) mass is 268 g/mol. The molecule has 0 radical (unpaired) electrons. The van der Waals surface area contributed by atoms with Gasteiger partial charge in [-0.05, 0) is 59.4 Å². The highest BCUT2D eigenvalue weighted by atomic mass is 16.6. The lowest BCUT2D eigenvalue weighted by Gasteiger charge is -2.34. The van der Waals surface area contributed by atoms with Crippen LogP contribution >= 0.6 is 0 Å². The van der Waals surface area contributed by atoms with Crippen molar-refractivity contribution in [2.75, 3.05) is 13.6 Å². The van der Waals surface area contributed by atoms with E-state index < -0.39 is 5.60 Å². The summed E-state index contributed by atoms with van der Waals surface area (Å²) in [5, 5.41) is 3.44. The van der Waals surface area contributed by atoms with Crippen molar-refractivity contribution in [2.24, 2.45) is 5.92 Å². The van der Waals surface area contributed by atoms with Crippen molar-refractivity contribution < 1.29 is 9.53 Å². The third-order valence-electron chi connectivity index (χ3n) is 4.36. The van der Waals surface area contributed by atoms with Crippen LogP contribution in [0.4, 0.5) is 4.79 Å². The first-order valence-corrected chi connectivity index (χ1v) is 7.59. The van der Waals surface area contributed by atoms with Gasteiger partial charge in [0, 0.05) is 18.6 Å². The molecule has 3 atom stereocenters. The first kappa shape index (κ1) is 14.6. The SMILES string of the molecule is CNC1CCCN(C(=O)OC(C)(C)C)C2CCCC12. The number of carbonyl (C=O) groups is 1. The number of carbonyl (C=O) groups excluding carboxylic acids is 1. The second-order valence-electron chi connectivity index (χ2n) is 6.87. The molecule has 1 N–H and O–H groups in total. The lowest BCUT2D eigenvalue weighted by atomic mass is 9.92. The van der Waals surface area contributed by atoms with Gasteiger partial charge in [-0.15, -0.1) is 0 Å². The molecule has 1 aliphatic carbocycles. The Morgan fingerprint density at radius 3 is 2.58 bits per heavy atom. The van der Waals surface area contributed by atoms with E-state index in [2.05, 4.69) is 5.32 Å². The molecule has 0 aromatic rings. The Kier molecular flexibility index (Phi) is 4.39. The van der Waals surface area contributed by atoms with E-state index in [0.717, 1.165) is 25.8 Å². The van der Waals surface area contributed by atoms with Gasteiger partial charge in [-0.25, -0.2) is 4.79 Å². The summed E-state index contributed by atoms with van der Waals surface area (Å²) in [6, 6.07) is 0.926. The molecule has 0 aromatic carbocycles. The van der Waals surface area contributed by atoms with Crippen molar-refractivity contribution in [3.8, 4) is 0 Å². The van der Waals surface area contributed by atoms with Crippen LogP contribution in [0.2, 0.25) is 0 Å². The average Bonchev–Trinajstić information content (AvgIpc) is 2.69. The molecule has 2 fully saturated rings. The summed E-state index contributed by atoms with van der Waals surface area (Å²) in [7, 11) is 2.04. The number of nitrogens with one attached hydrogen (secondary N) is 1. The van der Waals surface area contributed by atoms with Gasteiger partial charge in [-0.1, -0.05) is 6.42 Å². The van der Waals surface area contributed by atoms with E-state index in [-0.39, 0.29) is 6.09 Å². The highest BCUT2D eigenvalue weighted by Crippen LogP contribution is 2.36. The van der Waals surface area contributed by atoms with Crippen molar-refractivity contribution in [2.45, 2.75) is 70.6 Å². The van der Waals surface area contributed by atoms with Crippen LogP contribution in [0.5, 0.6) is 0 Å². The summed E-state index contributed by atoms with van der Waals surface area (Å²) in [5.74, 6) is 0.597. The topological polar surface area (TPSA) is 41.6 Å². The molecule has 1 saturated heterocycles. The quantitative estimate of drug-likeness (QED) is 0.795. The van der Waals surface area contributed by atoms with E-state index in [1.165, 1.54) is 12.8 Å². The maximum atomic E-state index is 12.4. The molecule has 2 aliphatic rings. The van der Waals surface area contributed by atoms with E-state index in [0.29, 0.717) is 18.0 Å². The molecule has 4 heteroatoms. The van der Waals surface area contributed by atoms with E-state index in [1.54, 1.807) is 0 Å².